The van der Waals surface area contributed by atoms with Gasteiger partial charge in [-0.2, -0.15) is 0 Å². The Morgan fingerprint density at radius 3 is 2.84 bits per heavy atom. The number of hydrogen-bond donors (Lipinski definition) is 1. The maximum absolute atomic E-state index is 12.6. The molecule has 10 heteroatoms. The van der Waals surface area contributed by atoms with Gasteiger partial charge in [0.2, 0.25) is 0 Å². The van der Waals surface area contributed by atoms with Gasteiger partial charge in [0.15, 0.2) is 6.23 Å². The van der Waals surface area contributed by atoms with E-state index in [1.165, 1.54) is 16.8 Å². The minimum Gasteiger partial charge on any atom is -0.348 e. The molecule has 1 aromatic rings. The first-order valence-corrected chi connectivity index (χ1v) is 9.20. The van der Waals surface area contributed by atoms with Crippen LogP contribution in [-0.2, 0) is 22.9 Å². The maximum Gasteiger partial charge on any atom is 0.475 e. The number of phosphoric ester groups is 1. The number of phosphoric acid groups is 1. The van der Waals surface area contributed by atoms with Crippen LogP contribution in [0.1, 0.15) is 27.0 Å². The number of H-pyrrole nitrogens is 1. The highest BCUT2D eigenvalue weighted by molar-refractivity contribution is 7.48. The quantitative estimate of drug-likeness (QED) is 0.625. The van der Waals surface area contributed by atoms with Crippen molar-refractivity contribution in [3.63, 3.8) is 0 Å². The third-order valence-electron chi connectivity index (χ3n) is 4.14. The summed E-state index contributed by atoms with van der Waals surface area (Å²) in [6.07, 6.45) is 4.26. The normalized spacial score (nSPS) is 37.6. The fourth-order valence-electron chi connectivity index (χ4n) is 2.98. The molecule has 0 saturated carbocycles. The van der Waals surface area contributed by atoms with Gasteiger partial charge in [-0.1, -0.05) is 5.92 Å². The summed E-state index contributed by atoms with van der Waals surface area (Å²) in [5, 5.41) is 0. The first-order valence-electron chi connectivity index (χ1n) is 7.74. The summed E-state index contributed by atoms with van der Waals surface area (Å²) in [5.41, 5.74) is -2.33. The van der Waals surface area contributed by atoms with E-state index < -0.39 is 42.9 Å². The van der Waals surface area contributed by atoms with Gasteiger partial charge in [0.1, 0.15) is 17.6 Å². The van der Waals surface area contributed by atoms with Crippen LogP contribution in [0.4, 0.5) is 0 Å². The van der Waals surface area contributed by atoms with E-state index in [1.54, 1.807) is 20.8 Å². The second-order valence-corrected chi connectivity index (χ2v) is 7.97. The van der Waals surface area contributed by atoms with E-state index in [-0.39, 0.29) is 12.7 Å². The summed E-state index contributed by atoms with van der Waals surface area (Å²) in [5.74, 6) is 2.59. The Balaban J connectivity index is 1.98. The number of aromatic nitrogens is 2. The van der Waals surface area contributed by atoms with Crippen LogP contribution in [0, 0.1) is 17.8 Å². The molecule has 5 atom stereocenters. The zero-order valence-electron chi connectivity index (χ0n) is 14.0. The van der Waals surface area contributed by atoms with Gasteiger partial charge >= 0.3 is 13.5 Å². The second-order valence-electron chi connectivity index (χ2n) is 6.39. The molecule has 1 N–H and O–H groups in total. The highest BCUT2D eigenvalue weighted by atomic mass is 31.2. The Labute approximate surface area is 143 Å². The number of fused-ring (bicyclic) bond motifs is 1. The molecule has 0 spiro atoms. The van der Waals surface area contributed by atoms with Gasteiger partial charge in [0.25, 0.3) is 5.56 Å². The second kappa shape index (κ2) is 6.24. The molecule has 2 fully saturated rings. The number of hydrogen-bond acceptors (Lipinski definition) is 7. The van der Waals surface area contributed by atoms with Crippen LogP contribution in [-0.4, -0.2) is 34.5 Å². The van der Waals surface area contributed by atoms with Crippen molar-refractivity contribution in [2.75, 3.05) is 6.61 Å². The lowest BCUT2D eigenvalue weighted by Crippen LogP contribution is -2.43. The Morgan fingerprint density at radius 2 is 2.24 bits per heavy atom. The molecule has 2 saturated heterocycles. The van der Waals surface area contributed by atoms with Gasteiger partial charge in [-0.25, -0.2) is 9.36 Å². The SMILES string of the molecule is C#C[C@]1(C)[C@@H]2OP(=O)(OC(C)C)OC[C@H]2O[C@H]1n1ccc(=O)[nH]c1=O. The predicted molar refractivity (Wildman–Crippen MR) is 86.8 cm³/mol. The monoisotopic (exact) mass is 370 g/mol. The highest BCUT2D eigenvalue weighted by Crippen LogP contribution is 2.61. The number of aromatic amines is 1. The van der Waals surface area contributed by atoms with Gasteiger partial charge in [-0.3, -0.25) is 27.9 Å². The molecular weight excluding hydrogens is 351 g/mol. The Kier molecular flexibility index (Phi) is 4.52. The molecule has 9 nitrogen and oxygen atoms in total. The lowest BCUT2D eigenvalue weighted by molar-refractivity contribution is -0.0749. The fraction of sp³-hybridized carbons (Fsp3) is 0.600. The smallest absolute Gasteiger partial charge is 0.348 e. The van der Waals surface area contributed by atoms with Crippen LogP contribution in [0.3, 0.4) is 0 Å². The van der Waals surface area contributed by atoms with Crippen molar-refractivity contribution in [1.82, 2.24) is 9.55 Å². The van der Waals surface area contributed by atoms with E-state index in [4.69, 9.17) is 24.7 Å². The lowest BCUT2D eigenvalue weighted by atomic mass is 9.83. The van der Waals surface area contributed by atoms with Crippen molar-refractivity contribution in [2.45, 2.75) is 45.3 Å². The molecular formula is C15H19N2O7P. The van der Waals surface area contributed by atoms with E-state index in [1.807, 2.05) is 0 Å². The molecule has 1 aromatic heterocycles. The van der Waals surface area contributed by atoms with E-state index in [0.29, 0.717) is 0 Å². The highest BCUT2D eigenvalue weighted by Gasteiger charge is 2.60. The molecule has 2 aliphatic heterocycles. The molecule has 136 valence electrons. The molecule has 0 radical (unpaired) electrons. The number of terminal acetylenes is 1. The molecule has 3 heterocycles. The average molecular weight is 370 g/mol. The maximum atomic E-state index is 12.6. The number of nitrogens with zero attached hydrogens (tertiary/aromatic N) is 1. The molecule has 2 aliphatic rings. The first-order chi connectivity index (χ1) is 11.7. The average Bonchev–Trinajstić information content (AvgIpc) is 2.79. The number of nitrogens with one attached hydrogen (secondary N) is 1. The molecule has 25 heavy (non-hydrogen) atoms. The van der Waals surface area contributed by atoms with E-state index >= 15 is 0 Å². The molecule has 0 aromatic carbocycles. The van der Waals surface area contributed by atoms with Crippen LogP contribution >= 0.6 is 7.82 Å². The Hall–Kier alpha value is -1.69. The lowest BCUT2D eigenvalue weighted by Gasteiger charge is -2.35. The van der Waals surface area contributed by atoms with Gasteiger partial charge in [-0.15, -0.1) is 6.42 Å². The van der Waals surface area contributed by atoms with Crippen molar-refractivity contribution in [2.24, 2.45) is 5.41 Å². The van der Waals surface area contributed by atoms with E-state index in [0.717, 1.165) is 0 Å². The first kappa shape index (κ1) is 18.1. The predicted octanol–water partition coefficient (Wildman–Crippen LogP) is 1.02. The van der Waals surface area contributed by atoms with Crippen molar-refractivity contribution in [3.8, 4) is 12.3 Å². The van der Waals surface area contributed by atoms with E-state index in [9.17, 15) is 14.2 Å². The minimum atomic E-state index is -3.79. The van der Waals surface area contributed by atoms with Gasteiger partial charge in [0.05, 0.1) is 12.7 Å². The summed E-state index contributed by atoms with van der Waals surface area (Å²) in [7, 11) is -3.79. The molecule has 0 bridgehead atoms. The summed E-state index contributed by atoms with van der Waals surface area (Å²) >= 11 is 0. The standard InChI is InChI=1S/C15H19N2O7P/c1-5-15(4)12-10(8-21-25(20,24-12)23-9(2)3)22-13(15)17-7-6-11(18)16-14(17)19/h1,6-7,9-10,12-13H,8H2,2-4H3,(H,16,18,19)/t10-,12-,13-,15-,25?/m1/s1. The Morgan fingerprint density at radius 1 is 1.52 bits per heavy atom. The topological polar surface area (TPSA) is 109 Å². The third kappa shape index (κ3) is 3.12. The summed E-state index contributed by atoms with van der Waals surface area (Å²) in [6.45, 7) is 5.00. The molecule has 0 amide bonds. The van der Waals surface area contributed by atoms with Crippen molar-refractivity contribution < 1.29 is 22.9 Å². The van der Waals surface area contributed by atoms with Crippen molar-refractivity contribution in [3.05, 3.63) is 33.1 Å². The minimum absolute atomic E-state index is 0.0550. The van der Waals surface area contributed by atoms with Gasteiger partial charge < -0.3 is 4.74 Å². The van der Waals surface area contributed by atoms with Crippen LogP contribution in [0.2, 0.25) is 0 Å². The molecule has 0 aliphatic carbocycles. The van der Waals surface area contributed by atoms with Crippen LogP contribution in [0.15, 0.2) is 21.9 Å². The third-order valence-corrected chi connectivity index (χ3v) is 5.77. The van der Waals surface area contributed by atoms with Crippen LogP contribution in [0.5, 0.6) is 0 Å². The van der Waals surface area contributed by atoms with Crippen LogP contribution < -0.4 is 11.2 Å². The summed E-state index contributed by atoms with van der Waals surface area (Å²) in [6, 6.07) is 1.19. The molecule has 3 rings (SSSR count). The fourth-order valence-corrected chi connectivity index (χ4v) is 4.63. The number of rotatable bonds is 3. The zero-order valence-corrected chi connectivity index (χ0v) is 14.9. The van der Waals surface area contributed by atoms with E-state index in [2.05, 4.69) is 10.9 Å². The van der Waals surface area contributed by atoms with Gasteiger partial charge in [0, 0.05) is 12.3 Å². The zero-order chi connectivity index (χ0) is 18.4. The molecule has 1 unspecified atom stereocenters. The largest absolute Gasteiger partial charge is 0.475 e. The summed E-state index contributed by atoms with van der Waals surface area (Å²) in [4.78, 5) is 25.5. The Bertz CT molecular complexity index is 870. The van der Waals surface area contributed by atoms with Crippen molar-refractivity contribution >= 4 is 7.82 Å². The van der Waals surface area contributed by atoms with Gasteiger partial charge in [-0.05, 0) is 20.8 Å². The van der Waals surface area contributed by atoms with Crippen LogP contribution in [0.25, 0.3) is 0 Å². The number of ether oxygens (including phenoxy) is 1. The van der Waals surface area contributed by atoms with Crippen molar-refractivity contribution in [1.29, 1.82) is 0 Å². The summed E-state index contributed by atoms with van der Waals surface area (Å²) < 4.78 is 35.8.